The van der Waals surface area contributed by atoms with Crippen LogP contribution in [-0.4, -0.2) is 35.0 Å². The summed E-state index contributed by atoms with van der Waals surface area (Å²) in [6.45, 7) is 4.76. The maximum absolute atomic E-state index is 11.9. The van der Waals surface area contributed by atoms with Crippen molar-refractivity contribution in [2.45, 2.75) is 13.8 Å². The fourth-order valence-electron chi connectivity index (χ4n) is 2.26. The summed E-state index contributed by atoms with van der Waals surface area (Å²) < 4.78 is 0. The molecule has 0 spiro atoms. The third-order valence-corrected chi connectivity index (χ3v) is 3.78. The van der Waals surface area contributed by atoms with Crippen LogP contribution in [0.3, 0.4) is 0 Å². The van der Waals surface area contributed by atoms with Gasteiger partial charge in [0.15, 0.2) is 0 Å². The normalized spacial score (nSPS) is 17.0. The SMILES string of the molecule is Cc1cccc(/C=C/C(=O)N2CC(C(C)C(=O)O)C2)c1. The Bertz CT molecular complexity index is 544. The lowest BCUT2D eigenvalue weighted by Gasteiger charge is -2.40. The molecule has 1 unspecified atom stereocenters. The van der Waals surface area contributed by atoms with Crippen LogP contribution in [0, 0.1) is 18.8 Å². The Balaban J connectivity index is 1.87. The van der Waals surface area contributed by atoms with Gasteiger partial charge in [-0.25, -0.2) is 0 Å². The minimum Gasteiger partial charge on any atom is -0.481 e. The molecule has 1 aromatic carbocycles. The number of amides is 1. The Kier molecular flexibility index (Phi) is 4.23. The molecule has 0 bridgehead atoms. The number of hydrogen-bond donors (Lipinski definition) is 1. The first-order valence-corrected chi connectivity index (χ1v) is 6.74. The summed E-state index contributed by atoms with van der Waals surface area (Å²) in [5.41, 5.74) is 2.15. The highest BCUT2D eigenvalue weighted by Gasteiger charge is 2.36. The molecule has 1 aliphatic rings. The summed E-state index contributed by atoms with van der Waals surface area (Å²) in [4.78, 5) is 24.4. The molecule has 1 N–H and O–H groups in total. The minimum atomic E-state index is -0.794. The van der Waals surface area contributed by atoms with E-state index in [9.17, 15) is 9.59 Å². The van der Waals surface area contributed by atoms with Gasteiger partial charge in [0.25, 0.3) is 0 Å². The lowest BCUT2D eigenvalue weighted by Crippen LogP contribution is -2.53. The van der Waals surface area contributed by atoms with E-state index in [1.807, 2.05) is 31.2 Å². The average molecular weight is 273 g/mol. The van der Waals surface area contributed by atoms with Crippen molar-refractivity contribution in [2.24, 2.45) is 11.8 Å². The number of aryl methyl sites for hydroxylation is 1. The first-order chi connectivity index (χ1) is 9.47. The van der Waals surface area contributed by atoms with Gasteiger partial charge < -0.3 is 10.0 Å². The number of nitrogens with zero attached hydrogens (tertiary/aromatic N) is 1. The zero-order valence-corrected chi connectivity index (χ0v) is 11.7. The van der Waals surface area contributed by atoms with Crippen molar-refractivity contribution in [1.82, 2.24) is 4.90 Å². The van der Waals surface area contributed by atoms with E-state index >= 15 is 0 Å². The van der Waals surface area contributed by atoms with Crippen LogP contribution in [0.15, 0.2) is 30.3 Å². The van der Waals surface area contributed by atoms with E-state index in [0.717, 1.165) is 11.1 Å². The van der Waals surface area contributed by atoms with Gasteiger partial charge in [0, 0.05) is 25.1 Å². The molecule has 4 heteroatoms. The first-order valence-electron chi connectivity index (χ1n) is 6.74. The van der Waals surface area contributed by atoms with Crippen molar-refractivity contribution in [3.05, 3.63) is 41.5 Å². The van der Waals surface area contributed by atoms with Crippen molar-refractivity contribution in [3.63, 3.8) is 0 Å². The van der Waals surface area contributed by atoms with Gasteiger partial charge in [0.1, 0.15) is 0 Å². The fourth-order valence-corrected chi connectivity index (χ4v) is 2.26. The van der Waals surface area contributed by atoms with Gasteiger partial charge in [-0.3, -0.25) is 9.59 Å². The average Bonchev–Trinajstić information content (AvgIpc) is 2.34. The summed E-state index contributed by atoms with van der Waals surface area (Å²) in [5, 5.41) is 8.90. The second-order valence-electron chi connectivity index (χ2n) is 5.38. The second-order valence-corrected chi connectivity index (χ2v) is 5.38. The molecular weight excluding hydrogens is 254 g/mol. The molecule has 1 atom stereocenters. The predicted octanol–water partition coefficient (Wildman–Crippen LogP) is 2.19. The molecule has 1 saturated heterocycles. The Hall–Kier alpha value is -2.10. The molecule has 106 valence electrons. The maximum Gasteiger partial charge on any atom is 0.306 e. The Labute approximate surface area is 118 Å². The molecule has 1 amide bonds. The number of carboxylic acids is 1. The molecule has 0 aromatic heterocycles. The van der Waals surface area contributed by atoms with Crippen LogP contribution >= 0.6 is 0 Å². The van der Waals surface area contributed by atoms with Gasteiger partial charge >= 0.3 is 5.97 Å². The summed E-state index contributed by atoms with van der Waals surface area (Å²) in [5.74, 6) is -1.17. The largest absolute Gasteiger partial charge is 0.481 e. The fraction of sp³-hybridized carbons (Fsp3) is 0.375. The smallest absolute Gasteiger partial charge is 0.306 e. The van der Waals surface area contributed by atoms with Crippen molar-refractivity contribution in [1.29, 1.82) is 0 Å². The lowest BCUT2D eigenvalue weighted by atomic mass is 9.87. The number of carbonyl (C=O) groups excluding carboxylic acids is 1. The van der Waals surface area contributed by atoms with Crippen molar-refractivity contribution >= 4 is 18.0 Å². The van der Waals surface area contributed by atoms with E-state index in [1.165, 1.54) is 0 Å². The first kappa shape index (κ1) is 14.3. The summed E-state index contributed by atoms with van der Waals surface area (Å²) >= 11 is 0. The highest BCUT2D eigenvalue weighted by atomic mass is 16.4. The molecule has 0 saturated carbocycles. The van der Waals surface area contributed by atoms with E-state index in [4.69, 9.17) is 5.11 Å². The number of hydrogen-bond acceptors (Lipinski definition) is 2. The number of carbonyl (C=O) groups is 2. The monoisotopic (exact) mass is 273 g/mol. The molecule has 1 heterocycles. The quantitative estimate of drug-likeness (QED) is 0.855. The van der Waals surface area contributed by atoms with Crippen LogP contribution in [0.2, 0.25) is 0 Å². The number of benzene rings is 1. The molecule has 0 aliphatic carbocycles. The third-order valence-electron chi connectivity index (χ3n) is 3.78. The summed E-state index contributed by atoms with van der Waals surface area (Å²) in [6.07, 6.45) is 3.35. The van der Waals surface area contributed by atoms with Crippen LogP contribution in [0.5, 0.6) is 0 Å². The van der Waals surface area contributed by atoms with Crippen molar-refractivity contribution in [2.75, 3.05) is 13.1 Å². The molecule has 1 aliphatic heterocycles. The zero-order chi connectivity index (χ0) is 14.7. The lowest BCUT2D eigenvalue weighted by molar-refractivity contribution is -0.148. The third kappa shape index (κ3) is 3.26. The van der Waals surface area contributed by atoms with Gasteiger partial charge in [-0.2, -0.15) is 0 Å². The van der Waals surface area contributed by atoms with E-state index in [1.54, 1.807) is 24.0 Å². The molecule has 1 aromatic rings. The van der Waals surface area contributed by atoms with Crippen molar-refractivity contribution in [3.8, 4) is 0 Å². The predicted molar refractivity (Wildman–Crippen MR) is 77.1 cm³/mol. The standard InChI is InChI=1S/C16H19NO3/c1-11-4-3-5-13(8-11)6-7-15(18)17-9-14(10-17)12(2)16(19)20/h3-8,12,14H,9-10H2,1-2H3,(H,19,20)/b7-6+. The highest BCUT2D eigenvalue weighted by molar-refractivity contribution is 5.92. The van der Waals surface area contributed by atoms with Crippen LogP contribution in [-0.2, 0) is 9.59 Å². The van der Waals surface area contributed by atoms with E-state index < -0.39 is 5.97 Å². The Morgan fingerprint density at radius 3 is 2.70 bits per heavy atom. The number of rotatable bonds is 4. The van der Waals surface area contributed by atoms with Gasteiger partial charge in [0.05, 0.1) is 5.92 Å². The molecule has 4 nitrogen and oxygen atoms in total. The minimum absolute atomic E-state index is 0.0552. The van der Waals surface area contributed by atoms with Crippen LogP contribution in [0.4, 0.5) is 0 Å². The van der Waals surface area contributed by atoms with Crippen LogP contribution in [0.1, 0.15) is 18.1 Å². The Morgan fingerprint density at radius 2 is 2.10 bits per heavy atom. The number of aliphatic carboxylic acids is 1. The van der Waals surface area contributed by atoms with Crippen molar-refractivity contribution < 1.29 is 14.7 Å². The van der Waals surface area contributed by atoms with Gasteiger partial charge in [0.2, 0.25) is 5.91 Å². The Morgan fingerprint density at radius 1 is 1.40 bits per heavy atom. The molecule has 0 radical (unpaired) electrons. The van der Waals surface area contributed by atoms with Gasteiger partial charge in [-0.05, 0) is 18.6 Å². The molecule has 20 heavy (non-hydrogen) atoms. The van der Waals surface area contributed by atoms with Gasteiger partial charge in [-0.1, -0.05) is 36.8 Å². The number of carboxylic acid groups (broad SMARTS) is 1. The molecule has 2 rings (SSSR count). The highest BCUT2D eigenvalue weighted by Crippen LogP contribution is 2.24. The van der Waals surface area contributed by atoms with E-state index in [0.29, 0.717) is 13.1 Å². The summed E-state index contributed by atoms with van der Waals surface area (Å²) in [7, 11) is 0. The topological polar surface area (TPSA) is 57.6 Å². The summed E-state index contributed by atoms with van der Waals surface area (Å²) in [6, 6.07) is 7.91. The van der Waals surface area contributed by atoms with E-state index in [2.05, 4.69) is 0 Å². The number of likely N-dealkylation sites (tertiary alicyclic amines) is 1. The van der Waals surface area contributed by atoms with Crippen LogP contribution in [0.25, 0.3) is 6.08 Å². The molecular formula is C16H19NO3. The zero-order valence-electron chi connectivity index (χ0n) is 11.7. The maximum atomic E-state index is 11.9. The molecule has 1 fully saturated rings. The van der Waals surface area contributed by atoms with Gasteiger partial charge in [-0.15, -0.1) is 0 Å². The van der Waals surface area contributed by atoms with Crippen LogP contribution < -0.4 is 0 Å². The van der Waals surface area contributed by atoms with E-state index in [-0.39, 0.29) is 17.7 Å². The second kappa shape index (κ2) is 5.90.